The van der Waals surface area contributed by atoms with Gasteiger partial charge >= 0.3 is 0 Å². The number of rotatable bonds is 2. The van der Waals surface area contributed by atoms with Crippen LogP contribution in [0.4, 0.5) is 4.39 Å². The van der Waals surface area contributed by atoms with Crippen molar-refractivity contribution in [1.82, 2.24) is 4.90 Å². The smallest absolute Gasteiger partial charge is 0.262 e. The van der Waals surface area contributed by atoms with Crippen LogP contribution < -0.4 is 0 Å². The van der Waals surface area contributed by atoms with Crippen LogP contribution in [0.15, 0.2) is 24.3 Å². The molecule has 1 aliphatic heterocycles. The van der Waals surface area contributed by atoms with Gasteiger partial charge in [-0.15, -0.1) is 9.24 Å². The number of carbonyl (C=O) groups excluding carboxylic acids is 2. The number of halogens is 1. The molecule has 2 rings (SSSR count). The Hall–Kier alpha value is -1.28. The highest BCUT2D eigenvalue weighted by Gasteiger charge is 2.37. The fourth-order valence-corrected chi connectivity index (χ4v) is 1.85. The molecule has 5 heteroatoms. The van der Waals surface area contributed by atoms with Gasteiger partial charge in [0.1, 0.15) is 6.67 Å². The number of imide groups is 1. The maximum absolute atomic E-state index is 12.4. The summed E-state index contributed by atoms with van der Waals surface area (Å²) in [5.41, 5.74) is 0.701. The summed E-state index contributed by atoms with van der Waals surface area (Å²) in [4.78, 5) is 24.4. The molecule has 0 spiro atoms. The molecule has 1 unspecified atom stereocenters. The molecule has 15 heavy (non-hydrogen) atoms. The van der Waals surface area contributed by atoms with Crippen LogP contribution in [0.1, 0.15) is 20.7 Å². The first kappa shape index (κ1) is 10.2. The number of nitrogens with zero attached hydrogens (tertiary/aromatic N) is 1. The van der Waals surface area contributed by atoms with E-state index in [2.05, 4.69) is 9.24 Å². The van der Waals surface area contributed by atoms with Crippen LogP contribution in [0.25, 0.3) is 0 Å². The molecular formula is C10H9FNO2P. The molecule has 0 N–H and O–H groups in total. The van der Waals surface area contributed by atoms with Gasteiger partial charge in [-0.05, 0) is 12.1 Å². The third kappa shape index (κ3) is 1.45. The zero-order chi connectivity index (χ0) is 11.0. The van der Waals surface area contributed by atoms with Crippen molar-refractivity contribution in [2.24, 2.45) is 0 Å². The molecule has 1 aromatic carbocycles. The van der Waals surface area contributed by atoms with Crippen molar-refractivity contribution in [1.29, 1.82) is 0 Å². The summed E-state index contributed by atoms with van der Waals surface area (Å²) in [5, 5.41) is 0. The summed E-state index contributed by atoms with van der Waals surface area (Å²) in [5.74, 6) is -1.63. The van der Waals surface area contributed by atoms with Crippen molar-refractivity contribution in [2.45, 2.75) is 5.78 Å². The van der Waals surface area contributed by atoms with Gasteiger partial charge in [0, 0.05) is 0 Å². The average Bonchev–Trinajstić information content (AvgIpc) is 2.52. The molecule has 2 amide bonds. The van der Waals surface area contributed by atoms with E-state index in [9.17, 15) is 14.0 Å². The molecule has 78 valence electrons. The maximum atomic E-state index is 12.4. The molecular weight excluding hydrogens is 216 g/mol. The van der Waals surface area contributed by atoms with E-state index >= 15 is 0 Å². The number of hydrogen-bond donors (Lipinski definition) is 0. The Labute approximate surface area is 88.5 Å². The van der Waals surface area contributed by atoms with E-state index in [-0.39, 0.29) is 0 Å². The predicted octanol–water partition coefficient (Wildman–Crippen LogP) is 1.45. The first-order valence-electron chi connectivity index (χ1n) is 4.45. The fourth-order valence-electron chi connectivity index (χ4n) is 1.58. The lowest BCUT2D eigenvalue weighted by molar-refractivity contribution is 0.0622. The van der Waals surface area contributed by atoms with E-state index in [1.165, 1.54) is 0 Å². The number of fused-ring (bicyclic) bond motifs is 1. The highest BCUT2D eigenvalue weighted by atomic mass is 31.0. The second kappa shape index (κ2) is 3.70. The minimum absolute atomic E-state index is 0.350. The Morgan fingerprint density at radius 1 is 1.20 bits per heavy atom. The summed E-state index contributed by atoms with van der Waals surface area (Å²) < 4.78 is 12.4. The third-order valence-electron chi connectivity index (χ3n) is 2.32. The molecule has 0 aromatic heterocycles. The maximum Gasteiger partial charge on any atom is 0.262 e. The minimum Gasteiger partial charge on any atom is -0.269 e. The Kier molecular flexibility index (Phi) is 2.53. The zero-order valence-corrected chi connectivity index (χ0v) is 8.97. The van der Waals surface area contributed by atoms with E-state index in [1.807, 2.05) is 0 Å². The SMILES string of the molecule is O=C1c2ccccc2C(=O)N1[C@@H](P)CF. The van der Waals surface area contributed by atoms with Gasteiger partial charge in [-0.2, -0.15) is 0 Å². The van der Waals surface area contributed by atoms with Gasteiger partial charge in [0.05, 0.1) is 16.9 Å². The summed E-state index contributed by atoms with van der Waals surface area (Å²) in [6.07, 6.45) is 0. The van der Waals surface area contributed by atoms with Crippen LogP contribution in [0.3, 0.4) is 0 Å². The summed E-state index contributed by atoms with van der Waals surface area (Å²) in [6, 6.07) is 6.51. The first-order chi connectivity index (χ1) is 7.16. The van der Waals surface area contributed by atoms with Crippen LogP contribution in [0, 0.1) is 0 Å². The van der Waals surface area contributed by atoms with Gasteiger partial charge < -0.3 is 0 Å². The second-order valence-electron chi connectivity index (χ2n) is 3.25. The number of alkyl halides is 1. The molecule has 0 aliphatic carbocycles. The third-order valence-corrected chi connectivity index (χ3v) is 2.79. The van der Waals surface area contributed by atoms with E-state index in [1.54, 1.807) is 24.3 Å². The molecule has 2 atom stereocenters. The van der Waals surface area contributed by atoms with Gasteiger partial charge in [0.15, 0.2) is 0 Å². The van der Waals surface area contributed by atoms with Gasteiger partial charge in [-0.25, -0.2) is 4.39 Å². The van der Waals surface area contributed by atoms with E-state index in [0.29, 0.717) is 11.1 Å². The number of benzene rings is 1. The Morgan fingerprint density at radius 3 is 2.07 bits per heavy atom. The van der Waals surface area contributed by atoms with Gasteiger partial charge in [-0.1, -0.05) is 12.1 Å². The monoisotopic (exact) mass is 225 g/mol. The molecule has 1 heterocycles. The molecule has 0 saturated heterocycles. The van der Waals surface area contributed by atoms with Crippen LogP contribution in [-0.4, -0.2) is 29.2 Å². The highest BCUT2D eigenvalue weighted by molar-refractivity contribution is 7.17. The van der Waals surface area contributed by atoms with Crippen LogP contribution in [0.5, 0.6) is 0 Å². The quantitative estimate of drug-likeness (QED) is 0.564. The molecule has 1 aliphatic rings. The van der Waals surface area contributed by atoms with Crippen molar-refractivity contribution < 1.29 is 14.0 Å². The van der Waals surface area contributed by atoms with Crippen LogP contribution in [-0.2, 0) is 0 Å². The normalized spacial score (nSPS) is 16.8. The number of amides is 2. The molecule has 0 saturated carbocycles. The lowest BCUT2D eigenvalue weighted by Gasteiger charge is -2.18. The van der Waals surface area contributed by atoms with Crippen LogP contribution in [0.2, 0.25) is 0 Å². The van der Waals surface area contributed by atoms with Crippen molar-refractivity contribution in [2.75, 3.05) is 6.67 Å². The van der Waals surface area contributed by atoms with E-state index in [4.69, 9.17) is 0 Å². The molecule has 1 aromatic rings. The number of carbonyl (C=O) groups is 2. The Bertz CT molecular complexity index is 400. The zero-order valence-electron chi connectivity index (χ0n) is 7.81. The van der Waals surface area contributed by atoms with Crippen molar-refractivity contribution in [3.05, 3.63) is 35.4 Å². The van der Waals surface area contributed by atoms with Gasteiger partial charge in [0.2, 0.25) is 0 Å². The van der Waals surface area contributed by atoms with E-state index in [0.717, 1.165) is 4.90 Å². The lowest BCUT2D eigenvalue weighted by Crippen LogP contribution is -2.37. The fraction of sp³-hybridized carbons (Fsp3) is 0.200. The largest absolute Gasteiger partial charge is 0.269 e. The van der Waals surface area contributed by atoms with Crippen molar-refractivity contribution in [3.63, 3.8) is 0 Å². The first-order valence-corrected chi connectivity index (χ1v) is 5.12. The van der Waals surface area contributed by atoms with Gasteiger partial charge in [-0.3, -0.25) is 14.5 Å². The summed E-state index contributed by atoms with van der Waals surface area (Å²) in [6.45, 7) is -0.754. The minimum atomic E-state index is -0.780. The van der Waals surface area contributed by atoms with E-state index < -0.39 is 24.3 Å². The van der Waals surface area contributed by atoms with Gasteiger partial charge in [0.25, 0.3) is 11.8 Å². The standard InChI is InChI=1S/C10H9FNO2P/c11-5-8(15)12-9(13)6-3-1-2-4-7(6)10(12)14/h1-4,8H,5,15H2/t8-/m0/s1. The molecule has 3 nitrogen and oxygen atoms in total. The molecule has 0 fully saturated rings. The molecule has 0 radical (unpaired) electrons. The Morgan fingerprint density at radius 2 is 1.67 bits per heavy atom. The number of hydrogen-bond acceptors (Lipinski definition) is 2. The highest BCUT2D eigenvalue weighted by Crippen LogP contribution is 2.26. The van der Waals surface area contributed by atoms with Crippen molar-refractivity contribution in [3.8, 4) is 0 Å². The Balaban J connectivity index is 2.45. The van der Waals surface area contributed by atoms with Crippen molar-refractivity contribution >= 4 is 21.1 Å². The summed E-state index contributed by atoms with van der Waals surface area (Å²) in [7, 11) is 2.15. The second-order valence-corrected chi connectivity index (χ2v) is 4.02. The lowest BCUT2D eigenvalue weighted by atomic mass is 10.1. The summed E-state index contributed by atoms with van der Waals surface area (Å²) >= 11 is 0. The average molecular weight is 225 g/mol. The predicted molar refractivity (Wildman–Crippen MR) is 56.4 cm³/mol. The van der Waals surface area contributed by atoms with Crippen LogP contribution >= 0.6 is 9.24 Å². The topological polar surface area (TPSA) is 37.4 Å². The molecule has 0 bridgehead atoms.